The third-order valence-corrected chi connectivity index (χ3v) is 3.93. The van der Waals surface area contributed by atoms with Crippen LogP contribution in [0.3, 0.4) is 0 Å². The monoisotopic (exact) mass is 294 g/mol. The number of rotatable bonds is 4. The van der Waals surface area contributed by atoms with E-state index in [1.165, 1.54) is 16.6 Å². The third kappa shape index (κ3) is 2.67. The summed E-state index contributed by atoms with van der Waals surface area (Å²) in [6.07, 6.45) is 0. The molecule has 1 aromatic heterocycles. The molecule has 0 saturated carbocycles. The number of fused-ring (bicyclic) bond motifs is 1. The predicted octanol–water partition coefficient (Wildman–Crippen LogP) is 4.69. The van der Waals surface area contributed by atoms with Crippen molar-refractivity contribution in [1.82, 2.24) is 4.57 Å². The van der Waals surface area contributed by atoms with Gasteiger partial charge in [0, 0.05) is 17.1 Å². The normalized spacial score (nSPS) is 11.3. The molecular weight excluding hydrogens is 272 g/mol. The van der Waals surface area contributed by atoms with Gasteiger partial charge >= 0.3 is 0 Å². The molecule has 0 radical (unpaired) electrons. The third-order valence-electron chi connectivity index (χ3n) is 3.93. The highest BCUT2D eigenvalue weighted by molar-refractivity contribution is 5.84. The molecule has 3 heteroatoms. The van der Waals surface area contributed by atoms with Gasteiger partial charge in [-0.2, -0.15) is 0 Å². The van der Waals surface area contributed by atoms with Crippen LogP contribution in [0.15, 0.2) is 48.5 Å². The van der Waals surface area contributed by atoms with Crippen LogP contribution in [-0.2, 0) is 6.61 Å². The number of benzene rings is 2. The first-order chi connectivity index (χ1) is 10.6. The van der Waals surface area contributed by atoms with E-state index in [0.29, 0.717) is 12.6 Å². The van der Waals surface area contributed by atoms with Crippen molar-refractivity contribution in [2.75, 3.05) is 5.73 Å². The lowest BCUT2D eigenvalue weighted by Crippen LogP contribution is -2.08. The summed E-state index contributed by atoms with van der Waals surface area (Å²) in [5, 5.41) is 1.20. The van der Waals surface area contributed by atoms with Crippen LogP contribution in [0, 0.1) is 6.92 Å². The van der Waals surface area contributed by atoms with Gasteiger partial charge in [0.2, 0.25) is 0 Å². The SMILES string of the molecule is Cc1ccccc1OCc1cc2ccc(N)cc2n1C(C)C. The average Bonchev–Trinajstić information content (AvgIpc) is 2.84. The van der Waals surface area contributed by atoms with Gasteiger partial charge in [-0.25, -0.2) is 0 Å². The molecule has 0 saturated heterocycles. The lowest BCUT2D eigenvalue weighted by molar-refractivity contribution is 0.291. The molecule has 2 aromatic carbocycles. The Bertz CT molecular complexity index is 802. The fraction of sp³-hybridized carbons (Fsp3) is 0.263. The van der Waals surface area contributed by atoms with Crippen LogP contribution < -0.4 is 10.5 Å². The Morgan fingerprint density at radius 3 is 2.59 bits per heavy atom. The molecule has 114 valence electrons. The van der Waals surface area contributed by atoms with Gasteiger partial charge in [0.1, 0.15) is 12.4 Å². The van der Waals surface area contributed by atoms with E-state index in [1.807, 2.05) is 30.3 Å². The van der Waals surface area contributed by atoms with E-state index in [1.54, 1.807) is 0 Å². The van der Waals surface area contributed by atoms with Crippen molar-refractivity contribution < 1.29 is 4.74 Å². The number of nitrogens with zero attached hydrogens (tertiary/aromatic N) is 1. The highest BCUT2D eigenvalue weighted by Crippen LogP contribution is 2.27. The summed E-state index contributed by atoms with van der Waals surface area (Å²) in [7, 11) is 0. The molecule has 0 fully saturated rings. The summed E-state index contributed by atoms with van der Waals surface area (Å²) in [6.45, 7) is 6.98. The number of hydrogen-bond acceptors (Lipinski definition) is 2. The summed E-state index contributed by atoms with van der Waals surface area (Å²) < 4.78 is 8.32. The van der Waals surface area contributed by atoms with Crippen LogP contribution in [0.25, 0.3) is 10.9 Å². The minimum Gasteiger partial charge on any atom is -0.487 e. The van der Waals surface area contributed by atoms with Crippen molar-refractivity contribution in [3.8, 4) is 5.75 Å². The first-order valence-corrected chi connectivity index (χ1v) is 7.64. The number of nitrogens with two attached hydrogens (primary N) is 1. The second-order valence-electron chi connectivity index (χ2n) is 5.97. The van der Waals surface area contributed by atoms with Crippen LogP contribution in [0.5, 0.6) is 5.75 Å². The lowest BCUT2D eigenvalue weighted by Gasteiger charge is -2.16. The molecule has 0 atom stereocenters. The molecule has 2 N–H and O–H groups in total. The van der Waals surface area contributed by atoms with E-state index < -0.39 is 0 Å². The Balaban J connectivity index is 1.96. The molecule has 22 heavy (non-hydrogen) atoms. The second kappa shape index (κ2) is 5.76. The topological polar surface area (TPSA) is 40.2 Å². The molecular formula is C19H22N2O. The number of para-hydroxylation sites is 1. The maximum Gasteiger partial charge on any atom is 0.128 e. The molecule has 1 heterocycles. The standard InChI is InChI=1S/C19H22N2O/c1-13(2)21-17(10-15-8-9-16(20)11-18(15)21)12-22-19-7-5-4-6-14(19)3/h4-11,13H,12,20H2,1-3H3. The van der Waals surface area contributed by atoms with Gasteiger partial charge in [0.05, 0.1) is 11.2 Å². The maximum atomic E-state index is 6.02. The molecule has 0 bridgehead atoms. The van der Waals surface area contributed by atoms with Crippen LogP contribution in [-0.4, -0.2) is 4.57 Å². The molecule has 3 nitrogen and oxygen atoms in total. The Kier molecular flexibility index (Phi) is 3.80. The fourth-order valence-corrected chi connectivity index (χ4v) is 2.89. The number of aryl methyl sites for hydroxylation is 1. The van der Waals surface area contributed by atoms with E-state index >= 15 is 0 Å². The molecule has 0 unspecified atom stereocenters. The predicted molar refractivity (Wildman–Crippen MR) is 92.2 cm³/mol. The second-order valence-corrected chi connectivity index (χ2v) is 5.97. The van der Waals surface area contributed by atoms with Crippen molar-refractivity contribution in [3.63, 3.8) is 0 Å². The smallest absolute Gasteiger partial charge is 0.128 e. The zero-order valence-electron chi connectivity index (χ0n) is 13.3. The molecule has 0 amide bonds. The Labute approximate surface area is 131 Å². The van der Waals surface area contributed by atoms with E-state index in [0.717, 1.165) is 17.0 Å². The fourth-order valence-electron chi connectivity index (χ4n) is 2.89. The molecule has 0 aliphatic heterocycles. The van der Waals surface area contributed by atoms with Crippen molar-refractivity contribution in [2.45, 2.75) is 33.4 Å². The van der Waals surface area contributed by atoms with E-state index in [4.69, 9.17) is 10.5 Å². The van der Waals surface area contributed by atoms with Crippen LogP contribution in [0.4, 0.5) is 5.69 Å². The maximum absolute atomic E-state index is 6.02. The van der Waals surface area contributed by atoms with Gasteiger partial charge in [-0.15, -0.1) is 0 Å². The highest BCUT2D eigenvalue weighted by Gasteiger charge is 2.12. The Morgan fingerprint density at radius 1 is 1.09 bits per heavy atom. The van der Waals surface area contributed by atoms with E-state index in [-0.39, 0.29) is 0 Å². The molecule has 0 aliphatic carbocycles. The lowest BCUT2D eigenvalue weighted by atomic mass is 10.2. The van der Waals surface area contributed by atoms with Crippen LogP contribution >= 0.6 is 0 Å². The van der Waals surface area contributed by atoms with Gasteiger partial charge in [0.25, 0.3) is 0 Å². The van der Waals surface area contributed by atoms with Crippen molar-refractivity contribution in [3.05, 3.63) is 59.8 Å². The number of aromatic nitrogens is 1. The van der Waals surface area contributed by atoms with Crippen LogP contribution in [0.1, 0.15) is 31.1 Å². The summed E-state index contributed by atoms with van der Waals surface area (Å²) in [6, 6.07) is 16.7. The largest absolute Gasteiger partial charge is 0.487 e. The average molecular weight is 294 g/mol. The van der Waals surface area contributed by atoms with Crippen molar-refractivity contribution in [1.29, 1.82) is 0 Å². The van der Waals surface area contributed by atoms with E-state index in [2.05, 4.69) is 43.5 Å². The van der Waals surface area contributed by atoms with Gasteiger partial charge in [-0.05, 0) is 50.6 Å². The zero-order chi connectivity index (χ0) is 15.7. The Morgan fingerprint density at radius 2 is 1.86 bits per heavy atom. The zero-order valence-corrected chi connectivity index (χ0v) is 13.3. The first-order valence-electron chi connectivity index (χ1n) is 7.64. The number of hydrogen-bond donors (Lipinski definition) is 1. The van der Waals surface area contributed by atoms with Crippen LogP contribution in [0.2, 0.25) is 0 Å². The van der Waals surface area contributed by atoms with Gasteiger partial charge in [-0.1, -0.05) is 24.3 Å². The number of nitrogen functional groups attached to an aromatic ring is 1. The van der Waals surface area contributed by atoms with E-state index in [9.17, 15) is 0 Å². The summed E-state index contributed by atoms with van der Waals surface area (Å²) in [5.41, 5.74) is 10.2. The number of ether oxygens (including phenoxy) is 1. The van der Waals surface area contributed by atoms with Crippen molar-refractivity contribution in [2.24, 2.45) is 0 Å². The minimum atomic E-state index is 0.356. The molecule has 0 aliphatic rings. The van der Waals surface area contributed by atoms with Gasteiger partial charge in [-0.3, -0.25) is 0 Å². The van der Waals surface area contributed by atoms with Gasteiger partial charge in [0.15, 0.2) is 0 Å². The van der Waals surface area contributed by atoms with Gasteiger partial charge < -0.3 is 15.0 Å². The Hall–Kier alpha value is -2.42. The first kappa shape index (κ1) is 14.5. The number of anilines is 1. The molecule has 3 aromatic rings. The van der Waals surface area contributed by atoms with Crippen molar-refractivity contribution >= 4 is 16.6 Å². The summed E-state index contributed by atoms with van der Waals surface area (Å²) in [5.74, 6) is 0.933. The highest BCUT2D eigenvalue weighted by atomic mass is 16.5. The minimum absolute atomic E-state index is 0.356. The summed E-state index contributed by atoms with van der Waals surface area (Å²) in [4.78, 5) is 0. The molecule has 3 rings (SSSR count). The molecule has 0 spiro atoms. The quantitative estimate of drug-likeness (QED) is 0.709. The summed E-state index contributed by atoms with van der Waals surface area (Å²) >= 11 is 0.